The van der Waals surface area contributed by atoms with Gasteiger partial charge in [-0.25, -0.2) is 8.78 Å². The third-order valence-electron chi connectivity index (χ3n) is 2.95. The van der Waals surface area contributed by atoms with E-state index in [2.05, 4.69) is 0 Å². The predicted molar refractivity (Wildman–Crippen MR) is 53.3 cm³/mol. The first-order valence-electron chi connectivity index (χ1n) is 4.70. The van der Waals surface area contributed by atoms with Crippen LogP contribution in [0.25, 0.3) is 0 Å². The first kappa shape index (κ1) is 10.9. The van der Waals surface area contributed by atoms with E-state index in [1.807, 2.05) is 0 Å². The summed E-state index contributed by atoms with van der Waals surface area (Å²) in [5.41, 5.74) is 4.14. The summed E-state index contributed by atoms with van der Waals surface area (Å²) in [6.45, 7) is 1.55. The Bertz CT molecular complexity index is 476. The molecule has 1 aliphatic rings. The van der Waals surface area contributed by atoms with E-state index in [9.17, 15) is 18.9 Å². The minimum absolute atomic E-state index is 0.120. The maximum Gasteiger partial charge on any atom is 0.272 e. The fourth-order valence-corrected chi connectivity index (χ4v) is 1.70. The second-order valence-corrected chi connectivity index (χ2v) is 4.11. The molecular formula is C10H10F2N2O2. The highest BCUT2D eigenvalue weighted by Crippen LogP contribution is 2.57. The van der Waals surface area contributed by atoms with Gasteiger partial charge >= 0.3 is 0 Å². The van der Waals surface area contributed by atoms with E-state index in [1.165, 1.54) is 12.1 Å². The van der Waals surface area contributed by atoms with Crippen molar-refractivity contribution in [3.8, 4) is 0 Å². The van der Waals surface area contributed by atoms with Gasteiger partial charge in [-0.2, -0.15) is 0 Å². The van der Waals surface area contributed by atoms with Crippen molar-refractivity contribution in [1.29, 1.82) is 0 Å². The van der Waals surface area contributed by atoms with Crippen LogP contribution in [0.15, 0.2) is 18.2 Å². The van der Waals surface area contributed by atoms with Crippen molar-refractivity contribution in [3.63, 3.8) is 0 Å². The van der Waals surface area contributed by atoms with Crippen LogP contribution in [0, 0.1) is 17.0 Å². The average Bonchev–Trinajstić information content (AvgIpc) is 2.67. The Kier molecular flexibility index (Phi) is 2.03. The number of nitro groups is 1. The fourth-order valence-electron chi connectivity index (χ4n) is 1.70. The molecule has 0 saturated heterocycles. The number of alkyl halides is 2. The van der Waals surface area contributed by atoms with Crippen LogP contribution in [0.4, 0.5) is 14.5 Å². The molecule has 0 spiro atoms. The van der Waals surface area contributed by atoms with Crippen LogP contribution in [-0.4, -0.2) is 10.8 Å². The van der Waals surface area contributed by atoms with Gasteiger partial charge in [0.05, 0.1) is 4.92 Å². The fraction of sp³-hybridized carbons (Fsp3) is 0.400. The van der Waals surface area contributed by atoms with Gasteiger partial charge in [-0.05, 0) is 12.5 Å². The second kappa shape index (κ2) is 2.98. The summed E-state index contributed by atoms with van der Waals surface area (Å²) in [5, 5.41) is 10.7. The van der Waals surface area contributed by atoms with Crippen LogP contribution in [-0.2, 0) is 5.54 Å². The zero-order valence-electron chi connectivity index (χ0n) is 8.54. The third kappa shape index (κ3) is 1.37. The van der Waals surface area contributed by atoms with Gasteiger partial charge in [0.2, 0.25) is 0 Å². The SMILES string of the molecule is Cc1ccc(C2(N)CC2(F)F)cc1[N+](=O)[O-]. The maximum atomic E-state index is 13.0. The lowest BCUT2D eigenvalue weighted by Gasteiger charge is -2.10. The normalized spacial score (nSPS) is 26.5. The van der Waals surface area contributed by atoms with Crippen molar-refractivity contribution >= 4 is 5.69 Å². The molecular weight excluding hydrogens is 218 g/mol. The van der Waals surface area contributed by atoms with Crippen LogP contribution < -0.4 is 5.73 Å². The molecule has 0 radical (unpaired) electrons. The summed E-state index contributed by atoms with van der Waals surface area (Å²) in [6.07, 6.45) is -0.458. The zero-order valence-corrected chi connectivity index (χ0v) is 8.54. The van der Waals surface area contributed by atoms with E-state index >= 15 is 0 Å². The number of nitro benzene ring substituents is 1. The summed E-state index contributed by atoms with van der Waals surface area (Å²) in [5.74, 6) is -2.96. The number of hydrogen-bond donors (Lipinski definition) is 1. The first-order valence-corrected chi connectivity index (χ1v) is 4.70. The second-order valence-electron chi connectivity index (χ2n) is 4.11. The Morgan fingerprint density at radius 3 is 2.50 bits per heavy atom. The van der Waals surface area contributed by atoms with E-state index in [0.29, 0.717) is 5.56 Å². The molecule has 86 valence electrons. The van der Waals surface area contributed by atoms with Crippen molar-refractivity contribution < 1.29 is 13.7 Å². The maximum absolute atomic E-state index is 13.0. The van der Waals surface area contributed by atoms with Crippen molar-refractivity contribution in [2.24, 2.45) is 5.73 Å². The molecule has 0 aliphatic heterocycles. The average molecular weight is 228 g/mol. The van der Waals surface area contributed by atoms with E-state index in [4.69, 9.17) is 5.73 Å². The number of nitrogens with zero attached hydrogens (tertiary/aromatic N) is 1. The number of rotatable bonds is 2. The lowest BCUT2D eigenvalue weighted by Crippen LogP contribution is -2.27. The Hall–Kier alpha value is -1.56. The van der Waals surface area contributed by atoms with Gasteiger partial charge < -0.3 is 5.73 Å². The van der Waals surface area contributed by atoms with E-state index in [0.717, 1.165) is 6.07 Å². The van der Waals surface area contributed by atoms with Gasteiger partial charge in [0.1, 0.15) is 5.54 Å². The van der Waals surface area contributed by atoms with Crippen LogP contribution in [0.3, 0.4) is 0 Å². The summed E-state index contributed by atoms with van der Waals surface area (Å²) >= 11 is 0. The van der Waals surface area contributed by atoms with E-state index in [-0.39, 0.29) is 11.3 Å². The molecule has 1 aliphatic carbocycles. The van der Waals surface area contributed by atoms with Gasteiger partial charge in [0.15, 0.2) is 0 Å². The molecule has 4 nitrogen and oxygen atoms in total. The van der Waals surface area contributed by atoms with Crippen LogP contribution >= 0.6 is 0 Å². The van der Waals surface area contributed by atoms with Gasteiger partial charge in [-0.1, -0.05) is 12.1 Å². The predicted octanol–water partition coefficient (Wildman–Crippen LogP) is 2.10. The lowest BCUT2D eigenvalue weighted by atomic mass is 10.0. The largest absolute Gasteiger partial charge is 0.316 e. The van der Waals surface area contributed by atoms with Crippen molar-refractivity contribution in [2.75, 3.05) is 0 Å². The Morgan fingerprint density at radius 2 is 2.06 bits per heavy atom. The quantitative estimate of drug-likeness (QED) is 0.622. The highest BCUT2D eigenvalue weighted by molar-refractivity contribution is 5.48. The smallest absolute Gasteiger partial charge is 0.272 e. The molecule has 0 amide bonds. The zero-order chi connectivity index (χ0) is 12.1. The molecule has 1 fully saturated rings. The van der Waals surface area contributed by atoms with Gasteiger partial charge in [-0.15, -0.1) is 0 Å². The van der Waals surface area contributed by atoms with Crippen LogP contribution in [0.1, 0.15) is 17.5 Å². The minimum Gasteiger partial charge on any atom is -0.316 e. The highest BCUT2D eigenvalue weighted by Gasteiger charge is 2.70. The topological polar surface area (TPSA) is 69.2 Å². The van der Waals surface area contributed by atoms with Crippen LogP contribution in [0.2, 0.25) is 0 Å². The molecule has 0 aromatic heterocycles. The van der Waals surface area contributed by atoms with Crippen molar-refractivity contribution in [1.82, 2.24) is 0 Å². The molecule has 0 heterocycles. The molecule has 2 rings (SSSR count). The molecule has 1 unspecified atom stereocenters. The molecule has 6 heteroatoms. The molecule has 2 N–H and O–H groups in total. The first-order chi connectivity index (χ1) is 7.28. The van der Waals surface area contributed by atoms with Gasteiger partial charge in [0.25, 0.3) is 11.6 Å². The molecule has 1 aromatic rings. The summed E-state index contributed by atoms with van der Waals surface area (Å²) in [6, 6.07) is 4.00. The number of halogens is 2. The van der Waals surface area contributed by atoms with Crippen molar-refractivity contribution in [3.05, 3.63) is 39.4 Å². The monoisotopic (exact) mass is 228 g/mol. The molecule has 1 atom stereocenters. The van der Waals surface area contributed by atoms with Crippen LogP contribution in [0.5, 0.6) is 0 Å². The Balaban J connectivity index is 2.46. The summed E-state index contributed by atoms with van der Waals surface area (Å²) < 4.78 is 26.0. The molecule has 16 heavy (non-hydrogen) atoms. The number of hydrogen-bond acceptors (Lipinski definition) is 3. The molecule has 1 saturated carbocycles. The Labute approximate surface area is 90.2 Å². The van der Waals surface area contributed by atoms with Gasteiger partial charge in [0, 0.05) is 18.1 Å². The number of aryl methyl sites for hydroxylation is 1. The van der Waals surface area contributed by atoms with Crippen molar-refractivity contribution in [2.45, 2.75) is 24.8 Å². The van der Waals surface area contributed by atoms with Gasteiger partial charge in [-0.3, -0.25) is 10.1 Å². The standard InChI is InChI=1S/C10H10F2N2O2/c1-6-2-3-7(4-8(6)14(15)16)9(13)5-10(9,11)12/h2-4H,5,13H2,1H3. The Morgan fingerprint density at radius 1 is 1.50 bits per heavy atom. The number of benzene rings is 1. The number of nitrogens with two attached hydrogens (primary N) is 1. The summed E-state index contributed by atoms with van der Waals surface area (Å²) in [7, 11) is 0. The lowest BCUT2D eigenvalue weighted by molar-refractivity contribution is -0.385. The third-order valence-corrected chi connectivity index (χ3v) is 2.95. The summed E-state index contributed by atoms with van der Waals surface area (Å²) in [4.78, 5) is 10.1. The molecule has 0 bridgehead atoms. The minimum atomic E-state index is -2.96. The highest BCUT2D eigenvalue weighted by atomic mass is 19.3. The van der Waals surface area contributed by atoms with E-state index in [1.54, 1.807) is 6.92 Å². The molecule has 1 aromatic carbocycles. The van der Waals surface area contributed by atoms with E-state index < -0.39 is 22.8 Å².